The summed E-state index contributed by atoms with van der Waals surface area (Å²) in [6.07, 6.45) is 1.92. The second-order valence-corrected chi connectivity index (χ2v) is 21.4. The summed E-state index contributed by atoms with van der Waals surface area (Å²) in [6, 6.07) is 49.4. The predicted molar refractivity (Wildman–Crippen MR) is 265 cm³/mol. The summed E-state index contributed by atoms with van der Waals surface area (Å²) >= 11 is 0. The average molecular weight is 1020 g/mol. The number of rotatable bonds is 5. The van der Waals surface area contributed by atoms with Crippen molar-refractivity contribution < 1.29 is 26.2 Å². The fourth-order valence-electron chi connectivity index (χ4n) is 8.89. The molecule has 3 heterocycles. The van der Waals surface area contributed by atoms with Crippen LogP contribution >= 0.6 is 0 Å². The molecule has 6 aromatic carbocycles. The molecule has 0 fully saturated rings. The van der Waals surface area contributed by atoms with Gasteiger partial charge in [0, 0.05) is 43.9 Å². The second-order valence-electron chi connectivity index (χ2n) is 21.4. The van der Waals surface area contributed by atoms with Crippen molar-refractivity contribution in [2.45, 2.75) is 105 Å². The van der Waals surface area contributed by atoms with Crippen LogP contribution in [0.5, 0.6) is 5.75 Å². The van der Waals surface area contributed by atoms with Gasteiger partial charge in [-0.15, -0.1) is 23.8 Å². The van der Waals surface area contributed by atoms with E-state index in [1.807, 2.05) is 6.20 Å². The van der Waals surface area contributed by atoms with Gasteiger partial charge in [0.15, 0.2) is 0 Å². The van der Waals surface area contributed by atoms with Gasteiger partial charge in [-0.3, -0.25) is 4.57 Å². The van der Waals surface area contributed by atoms with Crippen LogP contribution in [-0.2, 0) is 42.7 Å². The first-order valence-corrected chi connectivity index (χ1v) is 22.2. The summed E-state index contributed by atoms with van der Waals surface area (Å²) in [5.41, 5.74) is 13.5. The zero-order chi connectivity index (χ0) is 44.8. The molecule has 0 amide bonds. The van der Waals surface area contributed by atoms with Crippen molar-refractivity contribution in [1.82, 2.24) is 19.1 Å². The molecule has 9 rings (SSSR count). The van der Waals surface area contributed by atoms with Crippen molar-refractivity contribution in [3.05, 3.63) is 162 Å². The number of benzene rings is 6. The smallest absolute Gasteiger partial charge is 0.148 e. The number of hydrogen-bond acceptors (Lipinski definition) is 3. The van der Waals surface area contributed by atoms with Crippen LogP contribution in [0.3, 0.4) is 0 Å². The Hall–Kier alpha value is -5.77. The van der Waals surface area contributed by atoms with Gasteiger partial charge >= 0.3 is 0 Å². The van der Waals surface area contributed by atoms with Crippen LogP contribution in [0.25, 0.3) is 78.0 Å². The molecular formula is C58H59N4OPt-. The molecule has 0 radical (unpaired) electrons. The molecule has 0 aliphatic carbocycles. The standard InChI is InChI=1S/C58H59N4O.Pt/c1-55(2,3)38-26-28-48(44(32-38)36-19-14-13-15-20-36)62-49-24-18-22-41(52(49)60-54(62)45-33-40(57(7,8)9)34-46(53(45)63)58(10,11)12)37-25-27-43-42-21-16-17-23-47(42)61(50(43)31-37)51-35-39(29-30-59-51)56(4,5)6;/h13-30,32-35,63H,1-12H3;/q-1;. The third kappa shape index (κ3) is 7.91. The van der Waals surface area contributed by atoms with E-state index in [-0.39, 0.29) is 48.5 Å². The number of aromatic hydroxyl groups is 1. The molecule has 5 nitrogen and oxygen atoms in total. The Morgan fingerprint density at radius 1 is 0.516 bits per heavy atom. The summed E-state index contributed by atoms with van der Waals surface area (Å²) in [6.45, 7) is 26.7. The largest absolute Gasteiger partial charge is 0.507 e. The Labute approximate surface area is 393 Å². The van der Waals surface area contributed by atoms with Gasteiger partial charge in [0.1, 0.15) is 17.4 Å². The molecule has 64 heavy (non-hydrogen) atoms. The molecule has 0 bridgehead atoms. The molecule has 0 atom stereocenters. The number of hydrogen-bond donors (Lipinski definition) is 1. The Balaban J connectivity index is 0.00000560. The molecule has 6 heteroatoms. The maximum atomic E-state index is 12.5. The number of phenolic OH excluding ortho intramolecular Hbond substituents is 1. The number of aromatic nitrogens is 4. The number of nitrogens with zero attached hydrogens (tertiary/aromatic N) is 4. The molecule has 1 N–H and O–H groups in total. The minimum absolute atomic E-state index is 0. The Bertz CT molecular complexity index is 3220. The molecule has 328 valence electrons. The van der Waals surface area contributed by atoms with Crippen molar-refractivity contribution in [2.24, 2.45) is 0 Å². The first-order chi connectivity index (χ1) is 29.7. The first-order valence-electron chi connectivity index (χ1n) is 22.2. The predicted octanol–water partition coefficient (Wildman–Crippen LogP) is 15.2. The summed E-state index contributed by atoms with van der Waals surface area (Å²) < 4.78 is 4.53. The summed E-state index contributed by atoms with van der Waals surface area (Å²) in [7, 11) is 0. The molecule has 3 aromatic heterocycles. The van der Waals surface area contributed by atoms with Crippen LogP contribution in [0.1, 0.15) is 105 Å². The Kier molecular flexibility index (Phi) is 11.2. The fraction of sp³-hybridized carbons (Fsp3) is 0.276. The van der Waals surface area contributed by atoms with Crippen LogP contribution < -0.4 is 0 Å². The number of imidazole rings is 1. The average Bonchev–Trinajstić information content (AvgIpc) is 3.78. The number of fused-ring (bicyclic) bond motifs is 4. The van der Waals surface area contributed by atoms with Gasteiger partial charge in [0.2, 0.25) is 0 Å². The first kappa shape index (κ1) is 44.8. The van der Waals surface area contributed by atoms with E-state index in [9.17, 15) is 5.11 Å². The third-order valence-electron chi connectivity index (χ3n) is 12.6. The van der Waals surface area contributed by atoms with Crippen molar-refractivity contribution in [2.75, 3.05) is 0 Å². The molecule has 0 spiro atoms. The van der Waals surface area contributed by atoms with Gasteiger partial charge in [-0.05, 0) is 97.3 Å². The van der Waals surface area contributed by atoms with Gasteiger partial charge in [-0.25, -0.2) is 9.97 Å². The van der Waals surface area contributed by atoms with Crippen LogP contribution in [-0.4, -0.2) is 24.2 Å². The van der Waals surface area contributed by atoms with E-state index in [2.05, 4.69) is 226 Å². The fourth-order valence-corrected chi connectivity index (χ4v) is 8.89. The number of pyridine rings is 1. The molecule has 9 aromatic rings. The Morgan fingerprint density at radius 3 is 1.84 bits per heavy atom. The molecule has 0 saturated carbocycles. The normalized spacial score (nSPS) is 12.6. The van der Waals surface area contributed by atoms with Gasteiger partial charge in [-0.1, -0.05) is 167 Å². The van der Waals surface area contributed by atoms with E-state index >= 15 is 0 Å². The zero-order valence-electron chi connectivity index (χ0n) is 39.3. The zero-order valence-corrected chi connectivity index (χ0v) is 41.5. The van der Waals surface area contributed by atoms with Gasteiger partial charge in [0.25, 0.3) is 0 Å². The molecule has 0 saturated heterocycles. The van der Waals surface area contributed by atoms with E-state index in [4.69, 9.17) is 9.97 Å². The quantitative estimate of drug-likeness (QED) is 0.175. The van der Waals surface area contributed by atoms with Gasteiger partial charge in [0.05, 0.1) is 22.3 Å². The molecule has 0 unspecified atom stereocenters. The monoisotopic (exact) mass is 1020 g/mol. The van der Waals surface area contributed by atoms with Crippen molar-refractivity contribution >= 4 is 32.8 Å². The summed E-state index contributed by atoms with van der Waals surface area (Å²) in [5, 5.41) is 14.8. The second kappa shape index (κ2) is 16.0. The Morgan fingerprint density at radius 2 is 1.16 bits per heavy atom. The molecular weight excluding hydrogens is 964 g/mol. The van der Waals surface area contributed by atoms with Gasteiger partial charge < -0.3 is 9.67 Å². The van der Waals surface area contributed by atoms with E-state index in [1.54, 1.807) is 0 Å². The van der Waals surface area contributed by atoms with Crippen LogP contribution in [0.2, 0.25) is 0 Å². The van der Waals surface area contributed by atoms with Crippen molar-refractivity contribution in [3.63, 3.8) is 0 Å². The maximum Gasteiger partial charge on any atom is 0.148 e. The van der Waals surface area contributed by atoms with E-state index in [1.165, 1.54) is 11.1 Å². The molecule has 0 aliphatic heterocycles. The maximum absolute atomic E-state index is 12.5. The minimum atomic E-state index is -0.324. The van der Waals surface area contributed by atoms with E-state index in [0.717, 1.165) is 77.7 Å². The topological polar surface area (TPSA) is 55.9 Å². The van der Waals surface area contributed by atoms with E-state index in [0.29, 0.717) is 11.4 Å². The van der Waals surface area contributed by atoms with Crippen LogP contribution in [0, 0.1) is 6.07 Å². The van der Waals surface area contributed by atoms with Crippen molar-refractivity contribution in [1.29, 1.82) is 0 Å². The summed E-state index contributed by atoms with van der Waals surface area (Å²) in [4.78, 5) is 10.6. The molecule has 0 aliphatic rings. The van der Waals surface area contributed by atoms with Gasteiger partial charge in [-0.2, -0.15) is 0 Å². The minimum Gasteiger partial charge on any atom is -0.507 e. The third-order valence-corrected chi connectivity index (χ3v) is 12.6. The summed E-state index contributed by atoms with van der Waals surface area (Å²) in [5.74, 6) is 1.80. The van der Waals surface area contributed by atoms with Crippen LogP contribution in [0.15, 0.2) is 134 Å². The number of phenols is 1. The van der Waals surface area contributed by atoms with Crippen LogP contribution in [0.4, 0.5) is 0 Å². The number of para-hydroxylation sites is 2. The SMILES string of the molecule is CC(C)(C)c1ccnc(-n2c3[c-]c(-c4cccc5c4nc(-c4cc(C(C)(C)C)cc(C(C)(C)C)c4O)n5-c4ccc(C(C)(C)C)cc4-c4ccccc4)ccc3c3ccccc32)c1.[Pt]. The van der Waals surface area contributed by atoms with E-state index < -0.39 is 0 Å². The van der Waals surface area contributed by atoms with Crippen molar-refractivity contribution in [3.8, 4) is 50.9 Å².